The second-order valence-corrected chi connectivity index (χ2v) is 7.05. The average Bonchev–Trinajstić information content (AvgIpc) is 3.04. The number of fused-ring (bicyclic) bond motifs is 1. The number of hydrogen-bond acceptors (Lipinski definition) is 5. The molecular weight excluding hydrogens is 388 g/mol. The van der Waals surface area contributed by atoms with Gasteiger partial charge in [0, 0.05) is 28.4 Å². The molecule has 3 aromatic rings. The van der Waals surface area contributed by atoms with E-state index in [0.29, 0.717) is 21.3 Å². The number of anilines is 1. The number of ether oxygens (including phenoxy) is 2. The topological polar surface area (TPSA) is 64.6 Å². The molecule has 0 fully saturated rings. The molecule has 1 N–H and O–H groups in total. The third kappa shape index (κ3) is 4.18. The van der Waals surface area contributed by atoms with E-state index in [-0.39, 0.29) is 11.5 Å². The quantitative estimate of drug-likeness (QED) is 0.613. The summed E-state index contributed by atoms with van der Waals surface area (Å²) in [4.78, 5) is 25.0. The lowest BCUT2D eigenvalue weighted by molar-refractivity contribution is -0.123. The maximum atomic E-state index is 14.2. The van der Waals surface area contributed by atoms with E-state index in [0.717, 1.165) is 11.3 Å². The van der Waals surface area contributed by atoms with Gasteiger partial charge in [-0.3, -0.25) is 4.79 Å². The molecule has 2 aromatic carbocycles. The van der Waals surface area contributed by atoms with Crippen LogP contribution in [-0.2, 0) is 20.9 Å². The van der Waals surface area contributed by atoms with Crippen molar-refractivity contribution in [3.63, 3.8) is 0 Å². The second kappa shape index (κ2) is 8.45. The van der Waals surface area contributed by atoms with Crippen LogP contribution < -0.4 is 5.32 Å². The number of hydrogen-bond donors (Lipinski definition) is 1. The Hall–Kier alpha value is -2.84. The predicted octanol–water partition coefficient (Wildman–Crippen LogP) is 4.51. The first kappa shape index (κ1) is 19.9. The van der Waals surface area contributed by atoms with Crippen LogP contribution >= 0.6 is 11.3 Å². The van der Waals surface area contributed by atoms with Crippen LogP contribution in [0, 0.1) is 11.6 Å². The van der Waals surface area contributed by atoms with Crippen molar-refractivity contribution in [2.45, 2.75) is 19.6 Å². The molecular formula is C20H17F2NO4S. The number of carbonyl (C=O) groups excluding carboxylic acids is 2. The van der Waals surface area contributed by atoms with E-state index in [2.05, 4.69) is 5.32 Å². The highest BCUT2D eigenvalue weighted by atomic mass is 32.1. The second-order valence-electron chi connectivity index (χ2n) is 6.00. The van der Waals surface area contributed by atoms with Gasteiger partial charge in [0.15, 0.2) is 6.10 Å². The Balaban J connectivity index is 1.78. The molecule has 1 atom stereocenters. The fourth-order valence-electron chi connectivity index (χ4n) is 2.66. The number of methoxy groups -OCH3 is 1. The Kier molecular flexibility index (Phi) is 6.01. The predicted molar refractivity (Wildman–Crippen MR) is 102 cm³/mol. The van der Waals surface area contributed by atoms with E-state index < -0.39 is 29.6 Å². The summed E-state index contributed by atoms with van der Waals surface area (Å²) in [7, 11) is 1.44. The molecule has 0 saturated carbocycles. The highest BCUT2D eigenvalue weighted by Gasteiger charge is 2.25. The van der Waals surface area contributed by atoms with Crippen molar-refractivity contribution in [2.75, 3.05) is 12.4 Å². The third-order valence-electron chi connectivity index (χ3n) is 4.00. The van der Waals surface area contributed by atoms with Crippen molar-refractivity contribution in [3.8, 4) is 0 Å². The molecule has 1 aromatic heterocycles. The average molecular weight is 405 g/mol. The van der Waals surface area contributed by atoms with Crippen LogP contribution in [0.5, 0.6) is 0 Å². The summed E-state index contributed by atoms with van der Waals surface area (Å²) in [5.41, 5.74) is 0.759. The molecule has 28 heavy (non-hydrogen) atoms. The first-order valence-electron chi connectivity index (χ1n) is 8.37. The zero-order valence-corrected chi connectivity index (χ0v) is 15.9. The maximum absolute atomic E-state index is 14.2. The van der Waals surface area contributed by atoms with Crippen molar-refractivity contribution >= 4 is 39.0 Å². The number of carbonyl (C=O) groups is 2. The first-order chi connectivity index (χ1) is 13.4. The van der Waals surface area contributed by atoms with Crippen LogP contribution in [0.4, 0.5) is 14.5 Å². The van der Waals surface area contributed by atoms with Gasteiger partial charge in [0.25, 0.3) is 5.91 Å². The molecule has 8 heteroatoms. The van der Waals surface area contributed by atoms with Gasteiger partial charge in [-0.1, -0.05) is 6.07 Å². The van der Waals surface area contributed by atoms with E-state index in [4.69, 9.17) is 9.47 Å². The summed E-state index contributed by atoms with van der Waals surface area (Å²) >= 11 is 1.08. The number of nitrogens with one attached hydrogen (secondary N) is 1. The van der Waals surface area contributed by atoms with Crippen LogP contribution in [0.1, 0.15) is 22.2 Å². The molecule has 0 aliphatic rings. The number of halogens is 2. The van der Waals surface area contributed by atoms with E-state index in [9.17, 15) is 18.4 Å². The lowest BCUT2D eigenvalue weighted by atomic mass is 10.1. The first-order valence-corrected chi connectivity index (χ1v) is 9.18. The van der Waals surface area contributed by atoms with Gasteiger partial charge in [-0.15, -0.1) is 11.3 Å². The third-order valence-corrected chi connectivity index (χ3v) is 5.18. The Morgan fingerprint density at radius 2 is 1.86 bits per heavy atom. The molecule has 3 rings (SSSR count). The number of benzene rings is 2. The number of amides is 1. The lowest BCUT2D eigenvalue weighted by Gasteiger charge is -2.13. The Labute approximate surface area is 163 Å². The summed E-state index contributed by atoms with van der Waals surface area (Å²) in [6.07, 6.45) is -1.11. The van der Waals surface area contributed by atoms with Crippen LogP contribution in [0.3, 0.4) is 0 Å². The van der Waals surface area contributed by atoms with Crippen molar-refractivity contribution < 1.29 is 27.8 Å². The van der Waals surface area contributed by atoms with Gasteiger partial charge in [-0.05, 0) is 43.3 Å². The normalized spacial score (nSPS) is 12.0. The van der Waals surface area contributed by atoms with E-state index >= 15 is 0 Å². The Bertz CT molecular complexity index is 1020. The number of thiophene rings is 1. The molecule has 0 spiro atoms. The highest BCUT2D eigenvalue weighted by molar-refractivity contribution is 7.21. The summed E-state index contributed by atoms with van der Waals surface area (Å²) in [6, 6.07) is 9.76. The molecule has 0 saturated heterocycles. The van der Waals surface area contributed by atoms with Crippen LogP contribution in [0.2, 0.25) is 0 Å². The molecule has 1 heterocycles. The molecule has 0 bridgehead atoms. The van der Waals surface area contributed by atoms with Gasteiger partial charge >= 0.3 is 5.97 Å². The zero-order valence-electron chi connectivity index (χ0n) is 15.1. The molecule has 1 amide bonds. The number of rotatable bonds is 6. The van der Waals surface area contributed by atoms with Gasteiger partial charge in [0.05, 0.1) is 6.61 Å². The molecule has 0 aliphatic heterocycles. The smallest absolute Gasteiger partial charge is 0.349 e. The van der Waals surface area contributed by atoms with Crippen molar-refractivity contribution in [3.05, 3.63) is 64.5 Å². The van der Waals surface area contributed by atoms with Crippen molar-refractivity contribution in [1.82, 2.24) is 0 Å². The summed E-state index contributed by atoms with van der Waals surface area (Å²) in [6.45, 7) is 1.45. The molecule has 146 valence electrons. The van der Waals surface area contributed by atoms with Crippen molar-refractivity contribution in [1.29, 1.82) is 0 Å². The molecule has 5 nitrogen and oxygen atoms in total. The van der Waals surface area contributed by atoms with E-state index in [1.54, 1.807) is 12.1 Å². The van der Waals surface area contributed by atoms with Gasteiger partial charge in [-0.25, -0.2) is 13.6 Å². The van der Waals surface area contributed by atoms with E-state index in [1.807, 2.05) is 0 Å². The molecule has 0 unspecified atom stereocenters. The van der Waals surface area contributed by atoms with Gasteiger partial charge < -0.3 is 14.8 Å². The molecule has 0 radical (unpaired) electrons. The van der Waals surface area contributed by atoms with Crippen LogP contribution in [0.25, 0.3) is 10.1 Å². The maximum Gasteiger partial charge on any atom is 0.349 e. The summed E-state index contributed by atoms with van der Waals surface area (Å²) < 4.78 is 38.1. The number of esters is 1. The van der Waals surface area contributed by atoms with Crippen LogP contribution in [0.15, 0.2) is 42.5 Å². The van der Waals surface area contributed by atoms with Gasteiger partial charge in [0.1, 0.15) is 16.5 Å². The lowest BCUT2D eigenvalue weighted by Crippen LogP contribution is -2.30. The Morgan fingerprint density at radius 3 is 2.54 bits per heavy atom. The fourth-order valence-corrected chi connectivity index (χ4v) is 3.76. The SMILES string of the molecule is COCc1c(C(=O)O[C@H](C)C(=O)Nc2ccc(F)cc2)sc2cccc(F)c12. The molecule has 0 aliphatic carbocycles. The monoisotopic (exact) mass is 405 g/mol. The summed E-state index contributed by atoms with van der Waals surface area (Å²) in [5, 5.41) is 2.85. The Morgan fingerprint density at radius 1 is 1.14 bits per heavy atom. The zero-order chi connectivity index (χ0) is 20.3. The standard InChI is InChI=1S/C20H17F2NO4S/c1-11(19(24)23-13-8-6-12(21)7-9-13)27-20(25)18-14(10-26-2)17-15(22)4-3-5-16(17)28-18/h3-9,11H,10H2,1-2H3,(H,23,24)/t11-/m1/s1. The minimum absolute atomic E-state index is 0.0293. The van der Waals surface area contributed by atoms with Crippen molar-refractivity contribution in [2.24, 2.45) is 0 Å². The highest BCUT2D eigenvalue weighted by Crippen LogP contribution is 2.34. The minimum atomic E-state index is -1.11. The van der Waals surface area contributed by atoms with Gasteiger partial charge in [0.2, 0.25) is 0 Å². The van der Waals surface area contributed by atoms with Crippen LogP contribution in [-0.4, -0.2) is 25.1 Å². The largest absolute Gasteiger partial charge is 0.448 e. The minimum Gasteiger partial charge on any atom is -0.448 e. The van der Waals surface area contributed by atoms with Gasteiger partial charge in [-0.2, -0.15) is 0 Å². The van der Waals surface area contributed by atoms with E-state index in [1.165, 1.54) is 44.4 Å². The summed E-state index contributed by atoms with van der Waals surface area (Å²) in [5.74, 6) is -2.20. The fraction of sp³-hybridized carbons (Fsp3) is 0.200.